The van der Waals surface area contributed by atoms with Crippen LogP contribution in [0, 0.1) is 0 Å². The number of nitrogens with two attached hydrogens (primary N) is 1. The quantitative estimate of drug-likeness (QED) is 0.687. The normalized spacial score (nSPS) is 27.2. The molecule has 2 N–H and O–H groups in total. The highest BCUT2D eigenvalue weighted by Crippen LogP contribution is 2.32. The summed E-state index contributed by atoms with van der Waals surface area (Å²) in [6.07, 6.45) is 5.38. The van der Waals surface area contributed by atoms with Gasteiger partial charge in [0.05, 0.1) is 0 Å². The van der Waals surface area contributed by atoms with Gasteiger partial charge in [-0.2, -0.15) is 0 Å². The van der Waals surface area contributed by atoms with Crippen molar-refractivity contribution >= 4 is 9.28 Å². The summed E-state index contributed by atoms with van der Waals surface area (Å²) < 4.78 is 16.9. The van der Waals surface area contributed by atoms with Crippen LogP contribution in [0.1, 0.15) is 32.1 Å². The van der Waals surface area contributed by atoms with Gasteiger partial charge in [0.1, 0.15) is 5.22 Å². The average Bonchev–Trinajstić information content (AvgIpc) is 2.29. The third kappa shape index (κ3) is 3.25. The second-order valence-electron chi connectivity index (χ2n) is 4.07. The molecule has 90 valence electrons. The molecule has 0 aromatic heterocycles. The SMILES string of the molecule is CO[SiH](OC)C1(CCCN)CCCCO1. The van der Waals surface area contributed by atoms with Crippen molar-refractivity contribution in [1.29, 1.82) is 0 Å². The largest absolute Gasteiger partial charge is 0.398 e. The smallest absolute Gasteiger partial charge is 0.354 e. The van der Waals surface area contributed by atoms with Crippen molar-refractivity contribution < 1.29 is 13.6 Å². The fraction of sp³-hybridized carbons (Fsp3) is 1.00. The summed E-state index contributed by atoms with van der Waals surface area (Å²) in [7, 11) is 1.73. The zero-order chi connectivity index (χ0) is 11.1. The lowest BCUT2D eigenvalue weighted by atomic mass is 10.0. The summed E-state index contributed by atoms with van der Waals surface area (Å²) in [6, 6.07) is 0. The van der Waals surface area contributed by atoms with E-state index in [9.17, 15) is 0 Å². The highest BCUT2D eigenvalue weighted by molar-refractivity contribution is 6.48. The van der Waals surface area contributed by atoms with Gasteiger partial charge in [-0.05, 0) is 38.6 Å². The Bertz CT molecular complexity index is 170. The predicted octanol–water partition coefficient (Wildman–Crippen LogP) is 0.717. The van der Waals surface area contributed by atoms with Gasteiger partial charge in [-0.25, -0.2) is 0 Å². The van der Waals surface area contributed by atoms with E-state index >= 15 is 0 Å². The van der Waals surface area contributed by atoms with Gasteiger partial charge in [-0.3, -0.25) is 0 Å². The molecule has 0 radical (unpaired) electrons. The molecule has 1 aliphatic heterocycles. The summed E-state index contributed by atoms with van der Waals surface area (Å²) in [5, 5.41) is -0.138. The van der Waals surface area contributed by atoms with Crippen LogP contribution in [-0.4, -0.2) is 41.9 Å². The summed E-state index contributed by atoms with van der Waals surface area (Å²) in [4.78, 5) is 0. The van der Waals surface area contributed by atoms with Crippen molar-refractivity contribution in [2.24, 2.45) is 5.73 Å². The lowest BCUT2D eigenvalue weighted by Crippen LogP contribution is -2.53. The molecule has 0 amide bonds. The number of rotatable bonds is 6. The molecule has 4 nitrogen and oxygen atoms in total. The Morgan fingerprint density at radius 2 is 2.07 bits per heavy atom. The van der Waals surface area contributed by atoms with Crippen LogP contribution in [0.4, 0.5) is 0 Å². The van der Waals surface area contributed by atoms with E-state index < -0.39 is 9.28 Å². The van der Waals surface area contributed by atoms with Gasteiger partial charge in [0.2, 0.25) is 0 Å². The second kappa shape index (κ2) is 6.60. The predicted molar refractivity (Wildman–Crippen MR) is 62.0 cm³/mol. The van der Waals surface area contributed by atoms with E-state index in [0.717, 1.165) is 32.3 Å². The number of hydrogen-bond donors (Lipinski definition) is 1. The molecule has 0 aromatic carbocycles. The molecular formula is C10H23NO3Si. The lowest BCUT2D eigenvalue weighted by molar-refractivity contribution is -0.0523. The molecule has 0 saturated carbocycles. The van der Waals surface area contributed by atoms with Crippen LogP contribution in [0.15, 0.2) is 0 Å². The Kier molecular flexibility index (Phi) is 5.77. The molecule has 1 atom stereocenters. The van der Waals surface area contributed by atoms with Gasteiger partial charge in [0.25, 0.3) is 0 Å². The Morgan fingerprint density at radius 1 is 1.33 bits per heavy atom. The van der Waals surface area contributed by atoms with E-state index in [1.165, 1.54) is 6.42 Å². The molecule has 1 unspecified atom stereocenters. The fourth-order valence-corrected chi connectivity index (χ4v) is 4.49. The first-order valence-corrected chi connectivity index (χ1v) is 7.20. The molecule has 1 fully saturated rings. The van der Waals surface area contributed by atoms with Crippen LogP contribution in [0.5, 0.6) is 0 Å². The van der Waals surface area contributed by atoms with E-state index in [0.29, 0.717) is 6.54 Å². The van der Waals surface area contributed by atoms with E-state index in [4.69, 9.17) is 19.3 Å². The van der Waals surface area contributed by atoms with Crippen molar-refractivity contribution in [2.75, 3.05) is 27.4 Å². The van der Waals surface area contributed by atoms with Gasteiger partial charge in [-0.1, -0.05) is 0 Å². The molecule has 15 heavy (non-hydrogen) atoms. The van der Waals surface area contributed by atoms with E-state index in [1.807, 2.05) is 0 Å². The minimum absolute atomic E-state index is 0.138. The minimum atomic E-state index is -1.72. The topological polar surface area (TPSA) is 53.7 Å². The summed E-state index contributed by atoms with van der Waals surface area (Å²) in [6.45, 7) is 1.54. The maximum atomic E-state index is 5.97. The van der Waals surface area contributed by atoms with Crippen LogP contribution in [0.25, 0.3) is 0 Å². The molecule has 1 rings (SSSR count). The third-order valence-corrected chi connectivity index (χ3v) is 5.51. The molecule has 1 heterocycles. The number of hydrogen-bond acceptors (Lipinski definition) is 4. The third-order valence-electron chi connectivity index (χ3n) is 3.05. The van der Waals surface area contributed by atoms with Gasteiger partial charge in [0, 0.05) is 20.8 Å². The summed E-state index contributed by atoms with van der Waals surface area (Å²) >= 11 is 0. The van der Waals surface area contributed by atoms with Crippen molar-refractivity contribution in [1.82, 2.24) is 0 Å². The van der Waals surface area contributed by atoms with Crippen molar-refractivity contribution in [3.8, 4) is 0 Å². The second-order valence-corrected chi connectivity index (χ2v) is 6.72. The van der Waals surface area contributed by atoms with Gasteiger partial charge < -0.3 is 19.3 Å². The van der Waals surface area contributed by atoms with Gasteiger partial charge >= 0.3 is 9.28 Å². The molecule has 1 saturated heterocycles. The van der Waals surface area contributed by atoms with E-state index in [-0.39, 0.29) is 5.22 Å². The molecule has 0 aliphatic carbocycles. The van der Waals surface area contributed by atoms with E-state index in [1.54, 1.807) is 14.2 Å². The maximum Gasteiger partial charge on any atom is 0.354 e. The maximum absolute atomic E-state index is 5.97. The molecule has 0 aromatic rings. The molecule has 0 spiro atoms. The highest BCUT2D eigenvalue weighted by Gasteiger charge is 2.44. The molecule has 0 bridgehead atoms. The van der Waals surface area contributed by atoms with Crippen molar-refractivity contribution in [3.05, 3.63) is 0 Å². The molecular weight excluding hydrogens is 210 g/mol. The Hall–Kier alpha value is 0.0569. The molecule has 1 aliphatic rings. The first-order valence-electron chi connectivity index (χ1n) is 5.68. The first-order chi connectivity index (χ1) is 7.29. The summed E-state index contributed by atoms with van der Waals surface area (Å²) in [5.74, 6) is 0. The van der Waals surface area contributed by atoms with Crippen molar-refractivity contribution in [2.45, 2.75) is 37.3 Å². The number of ether oxygens (including phenoxy) is 1. The first kappa shape index (κ1) is 13.1. The van der Waals surface area contributed by atoms with Crippen LogP contribution in [-0.2, 0) is 13.6 Å². The molecule has 5 heteroatoms. The fourth-order valence-electron chi connectivity index (χ4n) is 2.30. The van der Waals surface area contributed by atoms with Crippen LogP contribution in [0.2, 0.25) is 0 Å². The zero-order valence-corrected chi connectivity index (χ0v) is 11.0. The summed E-state index contributed by atoms with van der Waals surface area (Å²) in [5.41, 5.74) is 5.57. The van der Waals surface area contributed by atoms with Gasteiger partial charge in [0.15, 0.2) is 0 Å². The van der Waals surface area contributed by atoms with E-state index in [2.05, 4.69) is 0 Å². The average molecular weight is 233 g/mol. The van der Waals surface area contributed by atoms with Crippen LogP contribution < -0.4 is 5.73 Å². The Labute approximate surface area is 93.9 Å². The standard InChI is InChI=1S/C10H23NO3Si/c1-12-15(13-2)10(7-5-8-11)6-3-4-9-14-10/h15H,3-9,11H2,1-2H3. The van der Waals surface area contributed by atoms with Crippen molar-refractivity contribution in [3.63, 3.8) is 0 Å². The Morgan fingerprint density at radius 3 is 2.53 bits per heavy atom. The highest BCUT2D eigenvalue weighted by atomic mass is 28.3. The zero-order valence-electron chi connectivity index (χ0n) is 9.83. The van der Waals surface area contributed by atoms with Gasteiger partial charge in [-0.15, -0.1) is 0 Å². The van der Waals surface area contributed by atoms with Crippen LogP contribution in [0.3, 0.4) is 0 Å². The van der Waals surface area contributed by atoms with Crippen LogP contribution >= 0.6 is 0 Å². The lowest BCUT2D eigenvalue weighted by Gasteiger charge is -2.40. The monoisotopic (exact) mass is 233 g/mol. The minimum Gasteiger partial charge on any atom is -0.398 e. The Balaban J connectivity index is 2.64.